The van der Waals surface area contributed by atoms with E-state index < -0.39 is 17.4 Å². The minimum absolute atomic E-state index is 0.333. The molecule has 0 atom stereocenters. The molecule has 27 heavy (non-hydrogen) atoms. The maximum Gasteiger partial charge on any atom is 0.269 e. The van der Waals surface area contributed by atoms with Gasteiger partial charge in [-0.15, -0.1) is 0 Å². The summed E-state index contributed by atoms with van der Waals surface area (Å²) < 4.78 is 1.03. The SMILES string of the molecule is O=C(Cn1nc(-c2ccccc2)ccc1=O)NNC(=O)c1ccc(Cl)cc1. The second-order valence-electron chi connectivity index (χ2n) is 5.59. The first-order valence-corrected chi connectivity index (χ1v) is 8.39. The summed E-state index contributed by atoms with van der Waals surface area (Å²) in [6.07, 6.45) is 0. The zero-order chi connectivity index (χ0) is 19.2. The summed E-state index contributed by atoms with van der Waals surface area (Å²) in [5.74, 6) is -1.09. The molecule has 0 aliphatic rings. The highest BCUT2D eigenvalue weighted by Gasteiger charge is 2.10. The van der Waals surface area contributed by atoms with Crippen molar-refractivity contribution in [3.05, 3.63) is 87.7 Å². The van der Waals surface area contributed by atoms with Gasteiger partial charge in [-0.1, -0.05) is 41.9 Å². The van der Waals surface area contributed by atoms with Crippen molar-refractivity contribution in [3.8, 4) is 11.3 Å². The third-order valence-electron chi connectivity index (χ3n) is 3.65. The topological polar surface area (TPSA) is 93.1 Å². The zero-order valence-electron chi connectivity index (χ0n) is 14.1. The highest BCUT2D eigenvalue weighted by molar-refractivity contribution is 6.30. The average molecular weight is 383 g/mol. The van der Waals surface area contributed by atoms with Crippen molar-refractivity contribution in [2.24, 2.45) is 0 Å². The van der Waals surface area contributed by atoms with Crippen LogP contribution in [-0.4, -0.2) is 21.6 Å². The number of hydrazine groups is 1. The molecule has 8 heteroatoms. The van der Waals surface area contributed by atoms with Crippen LogP contribution < -0.4 is 16.4 Å². The lowest BCUT2D eigenvalue weighted by Crippen LogP contribution is -2.44. The van der Waals surface area contributed by atoms with Crippen LogP contribution in [0, 0.1) is 0 Å². The quantitative estimate of drug-likeness (QED) is 0.675. The molecule has 0 saturated carbocycles. The molecule has 0 radical (unpaired) electrons. The number of nitrogens with one attached hydrogen (secondary N) is 2. The molecular formula is C19H15ClN4O3. The van der Waals surface area contributed by atoms with Crippen LogP contribution >= 0.6 is 11.6 Å². The number of halogens is 1. The molecule has 0 fully saturated rings. The van der Waals surface area contributed by atoms with Gasteiger partial charge in [-0.25, -0.2) is 4.68 Å². The number of hydrogen-bond donors (Lipinski definition) is 2. The summed E-state index contributed by atoms with van der Waals surface area (Å²) in [5, 5.41) is 4.69. The predicted molar refractivity (Wildman–Crippen MR) is 101 cm³/mol. The van der Waals surface area contributed by atoms with Crippen molar-refractivity contribution >= 4 is 23.4 Å². The third kappa shape index (κ3) is 4.80. The maximum absolute atomic E-state index is 12.1. The number of amides is 2. The van der Waals surface area contributed by atoms with E-state index in [2.05, 4.69) is 16.0 Å². The molecule has 0 aliphatic carbocycles. The molecule has 0 bridgehead atoms. The van der Waals surface area contributed by atoms with E-state index in [1.807, 2.05) is 30.3 Å². The summed E-state index contributed by atoms with van der Waals surface area (Å²) in [6.45, 7) is -0.333. The Morgan fingerprint density at radius 2 is 1.63 bits per heavy atom. The molecule has 0 unspecified atom stereocenters. The smallest absolute Gasteiger partial charge is 0.269 e. The van der Waals surface area contributed by atoms with Gasteiger partial charge >= 0.3 is 0 Å². The molecule has 136 valence electrons. The Morgan fingerprint density at radius 3 is 2.33 bits per heavy atom. The van der Waals surface area contributed by atoms with Crippen molar-refractivity contribution in [3.63, 3.8) is 0 Å². The summed E-state index contributed by atoms with van der Waals surface area (Å²) in [5.41, 5.74) is 5.84. The molecule has 3 aromatic rings. The fraction of sp³-hybridized carbons (Fsp3) is 0.0526. The van der Waals surface area contributed by atoms with Gasteiger partial charge in [-0.3, -0.25) is 25.2 Å². The van der Waals surface area contributed by atoms with Gasteiger partial charge in [-0.05, 0) is 30.3 Å². The number of hydrogen-bond acceptors (Lipinski definition) is 4. The minimum Gasteiger partial charge on any atom is -0.271 e. The Kier molecular flexibility index (Phi) is 5.63. The van der Waals surface area contributed by atoms with Gasteiger partial charge in [0, 0.05) is 22.2 Å². The lowest BCUT2D eigenvalue weighted by Gasteiger charge is -2.09. The fourth-order valence-electron chi connectivity index (χ4n) is 2.30. The summed E-state index contributed by atoms with van der Waals surface area (Å²) in [4.78, 5) is 36.0. The number of aromatic nitrogens is 2. The van der Waals surface area contributed by atoms with E-state index in [0.717, 1.165) is 10.2 Å². The van der Waals surface area contributed by atoms with Gasteiger partial charge in [0.25, 0.3) is 17.4 Å². The number of carbonyl (C=O) groups is 2. The number of rotatable bonds is 4. The molecule has 0 spiro atoms. The Labute approximate surface area is 159 Å². The summed E-state index contributed by atoms with van der Waals surface area (Å²) >= 11 is 5.77. The molecule has 0 aliphatic heterocycles. The van der Waals surface area contributed by atoms with Crippen molar-refractivity contribution in [1.82, 2.24) is 20.6 Å². The predicted octanol–water partition coefficient (Wildman–Crippen LogP) is 2.02. The molecular weight excluding hydrogens is 368 g/mol. The molecule has 7 nitrogen and oxygen atoms in total. The molecule has 2 N–H and O–H groups in total. The van der Waals surface area contributed by atoms with Crippen molar-refractivity contribution in [1.29, 1.82) is 0 Å². The minimum atomic E-state index is -0.586. The van der Waals surface area contributed by atoms with Gasteiger partial charge in [0.1, 0.15) is 6.54 Å². The van der Waals surface area contributed by atoms with Crippen LogP contribution in [0.25, 0.3) is 11.3 Å². The highest BCUT2D eigenvalue weighted by Crippen LogP contribution is 2.13. The zero-order valence-corrected chi connectivity index (χ0v) is 14.8. The Balaban J connectivity index is 1.64. The summed E-state index contributed by atoms with van der Waals surface area (Å²) in [7, 11) is 0. The average Bonchev–Trinajstić information content (AvgIpc) is 2.69. The van der Waals surface area contributed by atoms with Gasteiger partial charge in [0.05, 0.1) is 5.69 Å². The van der Waals surface area contributed by atoms with Gasteiger partial charge < -0.3 is 0 Å². The number of nitrogens with zero attached hydrogens (tertiary/aromatic N) is 2. The lowest BCUT2D eigenvalue weighted by atomic mass is 10.1. The van der Waals surface area contributed by atoms with Crippen molar-refractivity contribution < 1.29 is 9.59 Å². The van der Waals surface area contributed by atoms with Gasteiger partial charge in [0.2, 0.25) is 0 Å². The second-order valence-corrected chi connectivity index (χ2v) is 6.03. The molecule has 0 saturated heterocycles. The van der Waals surface area contributed by atoms with Crippen LogP contribution in [0.2, 0.25) is 5.02 Å². The van der Waals surface area contributed by atoms with Crippen LogP contribution in [0.1, 0.15) is 10.4 Å². The normalized spacial score (nSPS) is 10.3. The summed E-state index contributed by atoms with van der Waals surface area (Å²) in [6, 6.07) is 18.4. The van der Waals surface area contributed by atoms with E-state index in [9.17, 15) is 14.4 Å². The first-order valence-electron chi connectivity index (χ1n) is 8.01. The van der Waals surface area contributed by atoms with E-state index in [-0.39, 0.29) is 6.54 Å². The van der Waals surface area contributed by atoms with Crippen LogP contribution in [0.3, 0.4) is 0 Å². The van der Waals surface area contributed by atoms with E-state index in [0.29, 0.717) is 16.3 Å². The molecule has 2 aromatic carbocycles. The number of carbonyl (C=O) groups excluding carboxylic acids is 2. The standard InChI is InChI=1S/C19H15ClN4O3/c20-15-8-6-14(7-9-15)19(27)22-21-17(25)12-24-18(26)11-10-16(23-24)13-4-2-1-3-5-13/h1-11H,12H2,(H,21,25)(H,22,27). The van der Waals surface area contributed by atoms with Crippen LogP contribution in [0.4, 0.5) is 0 Å². The van der Waals surface area contributed by atoms with Gasteiger partial charge in [0.15, 0.2) is 0 Å². The largest absolute Gasteiger partial charge is 0.271 e. The van der Waals surface area contributed by atoms with E-state index in [4.69, 9.17) is 11.6 Å². The molecule has 1 heterocycles. The first-order chi connectivity index (χ1) is 13.0. The lowest BCUT2D eigenvalue weighted by molar-refractivity contribution is -0.122. The highest BCUT2D eigenvalue weighted by atomic mass is 35.5. The molecule has 1 aromatic heterocycles. The van der Waals surface area contributed by atoms with Crippen molar-refractivity contribution in [2.45, 2.75) is 6.54 Å². The van der Waals surface area contributed by atoms with E-state index in [1.54, 1.807) is 18.2 Å². The van der Waals surface area contributed by atoms with E-state index >= 15 is 0 Å². The van der Waals surface area contributed by atoms with Crippen molar-refractivity contribution in [2.75, 3.05) is 0 Å². The molecule has 2 amide bonds. The van der Waals surface area contributed by atoms with Gasteiger partial charge in [-0.2, -0.15) is 5.10 Å². The third-order valence-corrected chi connectivity index (χ3v) is 3.90. The fourth-order valence-corrected chi connectivity index (χ4v) is 2.43. The van der Waals surface area contributed by atoms with E-state index in [1.165, 1.54) is 18.2 Å². The Hall–Kier alpha value is -3.45. The molecule has 3 rings (SSSR count). The monoisotopic (exact) mass is 382 g/mol. The Morgan fingerprint density at radius 1 is 0.926 bits per heavy atom. The van der Waals surface area contributed by atoms with Crippen LogP contribution in [0.15, 0.2) is 71.5 Å². The first kappa shape index (κ1) is 18.3. The van der Waals surface area contributed by atoms with Crippen LogP contribution in [-0.2, 0) is 11.3 Å². The Bertz CT molecular complexity index is 1020. The van der Waals surface area contributed by atoms with Crippen LogP contribution in [0.5, 0.6) is 0 Å². The second kappa shape index (κ2) is 8.29. The number of benzene rings is 2. The maximum atomic E-state index is 12.1.